The molecule has 0 aliphatic heterocycles. The maximum atomic E-state index is 14.9. The Labute approximate surface area is 323 Å². The molecule has 52 heavy (non-hydrogen) atoms. The average Bonchev–Trinajstić information content (AvgIpc) is 3.14. The van der Waals surface area contributed by atoms with Crippen LogP contribution >= 0.6 is 47.8 Å². The molecule has 17 heteroatoms. The van der Waals surface area contributed by atoms with Crippen molar-refractivity contribution in [3.05, 3.63) is 143 Å². The van der Waals surface area contributed by atoms with Crippen LogP contribution in [-0.2, 0) is 6.13 Å². The van der Waals surface area contributed by atoms with E-state index in [1.165, 1.54) is 82.0 Å². The third-order valence-corrected chi connectivity index (χ3v) is 22.6. The molecule has 0 fully saturated rings. The Morgan fingerprint density at radius 1 is 0.635 bits per heavy atom. The van der Waals surface area contributed by atoms with Gasteiger partial charge >= 0.3 is 326 Å². The van der Waals surface area contributed by atoms with Crippen LogP contribution in [0.5, 0.6) is 17.2 Å². The molecule has 0 aromatic heterocycles. The van der Waals surface area contributed by atoms with Gasteiger partial charge in [-0.25, -0.2) is 0 Å². The zero-order valence-electron chi connectivity index (χ0n) is 27.3. The van der Waals surface area contributed by atoms with Crippen molar-refractivity contribution in [3.8, 4) is 17.2 Å². The number of nitro benzene ring substituents is 1. The van der Waals surface area contributed by atoms with Gasteiger partial charge in [0, 0.05) is 0 Å². The van der Waals surface area contributed by atoms with E-state index < -0.39 is 57.6 Å². The average molecular weight is 1010 g/mol. The predicted octanol–water partition coefficient (Wildman–Crippen LogP) is 6.92. The number of methoxy groups -OCH3 is 3. The van der Waals surface area contributed by atoms with E-state index in [4.69, 9.17) is 20.3 Å². The molecule has 0 bridgehead atoms. The molecule has 5 aromatic carbocycles. The molecule has 0 spiro atoms. The minimum absolute atomic E-state index is 0.0121. The molecular weight excluding hydrogens is 986 g/mol. The summed E-state index contributed by atoms with van der Waals surface area (Å²) in [5.41, 5.74) is -1.98. The number of carbonyl (C=O) groups is 2. The number of aromatic carboxylic acids is 1. The second-order valence-electron chi connectivity index (χ2n) is 10.7. The quantitative estimate of drug-likeness (QED) is 0.0740. The molecule has 268 valence electrons. The Kier molecular flexibility index (Phi) is 11.6. The number of carboxylic acids is 1. The number of carbonyl (C=O) groups excluding carboxylic acids is 1. The Balaban J connectivity index is 2.14. The van der Waals surface area contributed by atoms with Gasteiger partial charge in [0.25, 0.3) is 0 Å². The van der Waals surface area contributed by atoms with Crippen molar-refractivity contribution in [2.75, 3.05) is 21.3 Å². The van der Waals surface area contributed by atoms with Crippen molar-refractivity contribution >= 4 is 99.9 Å². The molecule has 0 saturated carbocycles. The summed E-state index contributed by atoms with van der Waals surface area (Å²) in [5.74, 6) is -2.54. The molecule has 13 nitrogen and oxygen atoms in total. The SMILES string of the molecule is COc1ccc(Br)c[c]1[Sb]([O]C(=O)c1ccccc1[N+](=O)[O-])([O][N+](=O)c1ccccc1C(=O)O)([c]1cc(Br)ccc1OC)[c]1cc(Br)ccc1OC. The summed E-state index contributed by atoms with van der Waals surface area (Å²) in [7, 11) is 4.06. The number of ether oxygens (including phenoxy) is 3. The van der Waals surface area contributed by atoms with Gasteiger partial charge in [-0.1, -0.05) is 0 Å². The molecule has 1 N–H and O–H groups in total. The van der Waals surface area contributed by atoms with E-state index in [1.54, 1.807) is 36.4 Å². The number of rotatable bonds is 13. The summed E-state index contributed by atoms with van der Waals surface area (Å²) < 4.78 is 32.7. The van der Waals surface area contributed by atoms with Crippen LogP contribution in [0, 0.1) is 15.0 Å². The number of para-hydroxylation sites is 2. The van der Waals surface area contributed by atoms with E-state index in [9.17, 15) is 29.7 Å². The first-order valence-corrected chi connectivity index (χ1v) is 23.1. The molecule has 0 amide bonds. The Morgan fingerprint density at radius 2 is 1.04 bits per heavy atom. The fourth-order valence-corrected chi connectivity index (χ4v) is 22.5. The van der Waals surface area contributed by atoms with E-state index in [0.29, 0.717) is 13.4 Å². The van der Waals surface area contributed by atoms with E-state index in [0.717, 1.165) is 6.07 Å². The first kappa shape index (κ1) is 38.7. The number of benzene rings is 5. The van der Waals surface area contributed by atoms with Gasteiger partial charge in [0.15, 0.2) is 0 Å². The summed E-state index contributed by atoms with van der Waals surface area (Å²) in [6.07, 6.45) is 0. The van der Waals surface area contributed by atoms with E-state index in [1.807, 2.05) is 0 Å². The molecule has 0 radical (unpaired) electrons. The third kappa shape index (κ3) is 6.87. The number of hydrogen-bond donors (Lipinski definition) is 1. The van der Waals surface area contributed by atoms with Gasteiger partial charge in [-0.2, -0.15) is 0 Å². The van der Waals surface area contributed by atoms with Crippen LogP contribution in [0.15, 0.2) is 117 Å². The molecule has 0 aliphatic rings. The van der Waals surface area contributed by atoms with Crippen molar-refractivity contribution in [1.82, 2.24) is 0 Å². The summed E-state index contributed by atoms with van der Waals surface area (Å²) in [6, 6.07) is 24.5. The van der Waals surface area contributed by atoms with Crippen molar-refractivity contribution in [1.29, 1.82) is 0 Å². The van der Waals surface area contributed by atoms with Crippen LogP contribution in [0.3, 0.4) is 0 Å². The van der Waals surface area contributed by atoms with E-state index in [2.05, 4.69) is 47.8 Å². The topological polar surface area (TPSA) is 164 Å². The summed E-state index contributed by atoms with van der Waals surface area (Å²) in [4.78, 5) is 53.8. The van der Waals surface area contributed by atoms with Crippen molar-refractivity contribution in [2.24, 2.45) is 0 Å². The molecule has 0 heterocycles. The zero-order chi connectivity index (χ0) is 37.8. The number of carboxylic acid groups (broad SMARTS) is 1. The third-order valence-electron chi connectivity index (χ3n) is 7.87. The second-order valence-corrected chi connectivity index (χ2v) is 24.0. The summed E-state index contributed by atoms with van der Waals surface area (Å²) >= 11 is 3.13. The van der Waals surface area contributed by atoms with Crippen molar-refractivity contribution in [3.63, 3.8) is 0 Å². The maximum absolute atomic E-state index is 14.9. The Morgan fingerprint density at radius 3 is 1.44 bits per heavy atom. The molecule has 0 saturated heterocycles. The first-order valence-electron chi connectivity index (χ1n) is 14.8. The van der Waals surface area contributed by atoms with E-state index >= 15 is 0 Å². The minimum atomic E-state index is -7.40. The van der Waals surface area contributed by atoms with Crippen molar-refractivity contribution < 1.29 is 44.9 Å². The van der Waals surface area contributed by atoms with E-state index in [-0.39, 0.29) is 32.7 Å². The van der Waals surface area contributed by atoms with Crippen LogP contribution in [0.1, 0.15) is 20.7 Å². The predicted molar refractivity (Wildman–Crippen MR) is 203 cm³/mol. The van der Waals surface area contributed by atoms with Gasteiger partial charge in [-0.05, 0) is 0 Å². The Hall–Kier alpha value is -4.50. The first-order chi connectivity index (χ1) is 24.8. The van der Waals surface area contributed by atoms with Gasteiger partial charge in [-0.15, -0.1) is 0 Å². The number of nitrogens with zero attached hydrogens (tertiary/aromatic N) is 2. The van der Waals surface area contributed by atoms with Gasteiger partial charge in [-0.3, -0.25) is 0 Å². The van der Waals surface area contributed by atoms with Crippen LogP contribution in [0.4, 0.5) is 11.4 Å². The molecule has 5 aromatic rings. The van der Waals surface area contributed by atoms with Crippen LogP contribution in [-0.4, -0.2) is 66.5 Å². The normalized spacial score (nSPS) is 11.8. The fraction of sp³-hybridized carbons (Fsp3) is 0.0857. The fourth-order valence-electron chi connectivity index (χ4n) is 5.64. The molecular formula is C35H27Br3N2O11Sb+. The summed E-state index contributed by atoms with van der Waals surface area (Å²) in [6.45, 7) is 0. The molecule has 0 aliphatic carbocycles. The molecule has 0 unspecified atom stereocenters. The zero-order valence-corrected chi connectivity index (χ0v) is 34.6. The summed E-state index contributed by atoms with van der Waals surface area (Å²) in [5, 5.41) is 22.4. The molecule has 0 atom stereocenters. The van der Waals surface area contributed by atoms with Gasteiger partial charge in [0.2, 0.25) is 0 Å². The Bertz CT molecular complexity index is 2040. The van der Waals surface area contributed by atoms with Crippen molar-refractivity contribution in [2.45, 2.75) is 0 Å². The molecule has 5 rings (SSSR count). The number of halogens is 3. The van der Waals surface area contributed by atoms with Crippen LogP contribution < -0.4 is 24.7 Å². The van der Waals surface area contributed by atoms with Crippen LogP contribution in [0.2, 0.25) is 0 Å². The number of hydrogen-bond acceptors (Lipinski definition) is 10. The van der Waals surface area contributed by atoms with Gasteiger partial charge < -0.3 is 0 Å². The van der Waals surface area contributed by atoms with Gasteiger partial charge in [0.05, 0.1) is 0 Å². The van der Waals surface area contributed by atoms with Gasteiger partial charge in [0.1, 0.15) is 0 Å². The van der Waals surface area contributed by atoms with Crippen LogP contribution in [0.25, 0.3) is 0 Å². The second kappa shape index (κ2) is 15.6. The standard InChI is InChI=1S/3C7H6BrO.2C7H5NO4.Sb/c3*1-9-7-4-2-6(8)3-5-7;2*9-7(10)5-3-1-2-4-6(5)8(11)12;/h3*2-4H,1H3;2*1-4H,(H,9,10);/q;;;;;+2/p-1. The number of nitro groups is 1. The monoisotopic (exact) mass is 1010 g/mol.